The van der Waals surface area contributed by atoms with Gasteiger partial charge in [0.25, 0.3) is 0 Å². The number of pyridine rings is 1. The minimum absolute atomic E-state index is 0.281. The van der Waals surface area contributed by atoms with Gasteiger partial charge in [-0.3, -0.25) is 4.98 Å². The van der Waals surface area contributed by atoms with Gasteiger partial charge in [-0.25, -0.2) is 4.39 Å². The first kappa shape index (κ1) is 13.0. The van der Waals surface area contributed by atoms with Crippen LogP contribution in [-0.4, -0.2) is 10.1 Å². The molecule has 0 aliphatic rings. The Morgan fingerprint density at radius 2 is 2.17 bits per heavy atom. The largest absolute Gasteiger partial charge is 0.388 e. The Balaban J connectivity index is 2.01. The lowest BCUT2D eigenvalue weighted by molar-refractivity contribution is 0.163. The van der Waals surface area contributed by atoms with Crippen molar-refractivity contribution in [2.75, 3.05) is 0 Å². The first-order valence-corrected chi connectivity index (χ1v) is 6.06. The number of hydrogen-bond acceptors (Lipinski definition) is 2. The Kier molecular flexibility index (Phi) is 4.28. The van der Waals surface area contributed by atoms with Crippen molar-refractivity contribution < 1.29 is 9.50 Å². The van der Waals surface area contributed by atoms with Gasteiger partial charge in [-0.1, -0.05) is 23.7 Å². The highest BCUT2D eigenvalue weighted by molar-refractivity contribution is 6.30. The Morgan fingerprint density at radius 1 is 1.33 bits per heavy atom. The van der Waals surface area contributed by atoms with Gasteiger partial charge in [-0.05, 0) is 36.6 Å². The average molecular weight is 266 g/mol. The number of halogens is 2. The Labute approximate surface area is 110 Å². The van der Waals surface area contributed by atoms with Gasteiger partial charge in [0.2, 0.25) is 0 Å². The Bertz CT molecular complexity index is 518. The molecule has 0 saturated heterocycles. The van der Waals surface area contributed by atoms with Crippen LogP contribution in [0.15, 0.2) is 42.7 Å². The lowest BCUT2D eigenvalue weighted by atomic mass is 10.0. The van der Waals surface area contributed by atoms with E-state index in [0.717, 1.165) is 5.56 Å². The fraction of sp³-hybridized carbons (Fsp3) is 0.214. The third kappa shape index (κ3) is 3.28. The van der Waals surface area contributed by atoms with Crippen LogP contribution in [0.2, 0.25) is 5.02 Å². The molecule has 4 heteroatoms. The molecule has 0 radical (unpaired) electrons. The molecule has 0 fully saturated rings. The van der Waals surface area contributed by atoms with Gasteiger partial charge < -0.3 is 5.11 Å². The maximum absolute atomic E-state index is 13.6. The molecular formula is C14H13ClFNO. The van der Waals surface area contributed by atoms with Crippen molar-refractivity contribution in [3.63, 3.8) is 0 Å². The molecule has 0 aliphatic carbocycles. The number of rotatable bonds is 4. The standard InChI is InChI=1S/C14H13ClFNO/c15-11-4-5-12(13(16)8-11)14(18)6-3-10-2-1-7-17-9-10/h1-2,4-5,7-9,14,18H,3,6H2. The summed E-state index contributed by atoms with van der Waals surface area (Å²) in [7, 11) is 0. The Morgan fingerprint density at radius 3 is 2.83 bits per heavy atom. The summed E-state index contributed by atoms with van der Waals surface area (Å²) in [6, 6.07) is 8.07. The van der Waals surface area contributed by atoms with E-state index in [1.807, 2.05) is 12.1 Å². The summed E-state index contributed by atoms with van der Waals surface area (Å²) in [5.41, 5.74) is 1.30. The van der Waals surface area contributed by atoms with E-state index < -0.39 is 11.9 Å². The van der Waals surface area contributed by atoms with E-state index in [9.17, 15) is 9.50 Å². The molecule has 0 amide bonds. The SMILES string of the molecule is OC(CCc1cccnc1)c1ccc(Cl)cc1F. The average Bonchev–Trinajstić information content (AvgIpc) is 2.37. The normalized spacial score (nSPS) is 12.4. The molecule has 0 bridgehead atoms. The van der Waals surface area contributed by atoms with Crippen LogP contribution in [0, 0.1) is 5.82 Å². The molecule has 0 aliphatic heterocycles. The van der Waals surface area contributed by atoms with Gasteiger partial charge in [0.15, 0.2) is 0 Å². The number of nitrogens with zero attached hydrogens (tertiary/aromatic N) is 1. The predicted molar refractivity (Wildman–Crippen MR) is 68.9 cm³/mol. The summed E-state index contributed by atoms with van der Waals surface area (Å²) in [6.45, 7) is 0. The summed E-state index contributed by atoms with van der Waals surface area (Å²) >= 11 is 5.66. The molecule has 0 spiro atoms. The molecule has 1 atom stereocenters. The maximum atomic E-state index is 13.6. The van der Waals surface area contributed by atoms with Gasteiger partial charge in [0, 0.05) is 23.0 Å². The van der Waals surface area contributed by atoms with Crippen LogP contribution in [0.4, 0.5) is 4.39 Å². The van der Waals surface area contributed by atoms with Crippen LogP contribution >= 0.6 is 11.6 Å². The molecule has 18 heavy (non-hydrogen) atoms. The molecule has 1 aromatic carbocycles. The van der Waals surface area contributed by atoms with Gasteiger partial charge in [0.05, 0.1) is 6.10 Å². The molecule has 94 valence electrons. The second-order valence-corrected chi connectivity index (χ2v) is 4.52. The van der Waals surface area contributed by atoms with E-state index in [0.29, 0.717) is 17.9 Å². The van der Waals surface area contributed by atoms with Crippen molar-refractivity contribution in [2.24, 2.45) is 0 Å². The molecule has 1 heterocycles. The smallest absolute Gasteiger partial charge is 0.130 e. The summed E-state index contributed by atoms with van der Waals surface area (Å²) in [5, 5.41) is 10.3. The minimum atomic E-state index is -0.831. The van der Waals surface area contributed by atoms with Crippen molar-refractivity contribution in [1.82, 2.24) is 4.98 Å². The monoisotopic (exact) mass is 265 g/mol. The number of aromatic nitrogens is 1. The van der Waals surface area contributed by atoms with Crippen LogP contribution in [0.25, 0.3) is 0 Å². The third-order valence-electron chi connectivity index (χ3n) is 2.75. The van der Waals surface area contributed by atoms with Gasteiger partial charge in [-0.2, -0.15) is 0 Å². The third-order valence-corrected chi connectivity index (χ3v) is 2.99. The zero-order valence-electron chi connectivity index (χ0n) is 9.68. The quantitative estimate of drug-likeness (QED) is 0.917. The van der Waals surface area contributed by atoms with Crippen LogP contribution in [0.5, 0.6) is 0 Å². The zero-order chi connectivity index (χ0) is 13.0. The second kappa shape index (κ2) is 5.94. The summed E-state index contributed by atoms with van der Waals surface area (Å²) in [6.07, 6.45) is 3.70. The van der Waals surface area contributed by atoms with Gasteiger partial charge >= 0.3 is 0 Å². The van der Waals surface area contributed by atoms with E-state index in [4.69, 9.17) is 11.6 Å². The van der Waals surface area contributed by atoms with Crippen molar-refractivity contribution in [3.05, 3.63) is 64.7 Å². The highest BCUT2D eigenvalue weighted by atomic mass is 35.5. The van der Waals surface area contributed by atoms with Crippen LogP contribution in [0.3, 0.4) is 0 Å². The van der Waals surface area contributed by atoms with Crippen LogP contribution < -0.4 is 0 Å². The summed E-state index contributed by atoms with van der Waals surface area (Å²) < 4.78 is 13.6. The summed E-state index contributed by atoms with van der Waals surface area (Å²) in [5.74, 6) is -0.471. The number of aliphatic hydroxyl groups is 1. The minimum Gasteiger partial charge on any atom is -0.388 e. The lowest BCUT2D eigenvalue weighted by Crippen LogP contribution is -2.02. The fourth-order valence-electron chi connectivity index (χ4n) is 1.78. The highest BCUT2D eigenvalue weighted by Gasteiger charge is 2.13. The molecule has 2 rings (SSSR count). The maximum Gasteiger partial charge on any atom is 0.130 e. The molecule has 0 saturated carbocycles. The molecule has 1 unspecified atom stereocenters. The zero-order valence-corrected chi connectivity index (χ0v) is 10.4. The fourth-order valence-corrected chi connectivity index (χ4v) is 1.94. The van der Waals surface area contributed by atoms with Crippen LogP contribution in [0.1, 0.15) is 23.7 Å². The highest BCUT2D eigenvalue weighted by Crippen LogP contribution is 2.24. The molecular weight excluding hydrogens is 253 g/mol. The van der Waals surface area contributed by atoms with E-state index in [1.54, 1.807) is 18.5 Å². The van der Waals surface area contributed by atoms with E-state index in [-0.39, 0.29) is 5.56 Å². The molecule has 2 nitrogen and oxygen atoms in total. The van der Waals surface area contributed by atoms with Crippen molar-refractivity contribution in [3.8, 4) is 0 Å². The predicted octanol–water partition coefficient (Wildman–Crippen LogP) is 3.54. The van der Waals surface area contributed by atoms with E-state index in [2.05, 4.69) is 4.98 Å². The molecule has 1 N–H and O–H groups in total. The topological polar surface area (TPSA) is 33.1 Å². The van der Waals surface area contributed by atoms with Gasteiger partial charge in [0.1, 0.15) is 5.82 Å². The van der Waals surface area contributed by atoms with Crippen molar-refractivity contribution >= 4 is 11.6 Å². The van der Waals surface area contributed by atoms with Crippen LogP contribution in [-0.2, 0) is 6.42 Å². The lowest BCUT2D eigenvalue weighted by Gasteiger charge is -2.12. The number of aryl methyl sites for hydroxylation is 1. The number of hydrogen-bond donors (Lipinski definition) is 1. The van der Waals surface area contributed by atoms with E-state index in [1.165, 1.54) is 12.1 Å². The Hall–Kier alpha value is -1.45. The van der Waals surface area contributed by atoms with E-state index >= 15 is 0 Å². The van der Waals surface area contributed by atoms with Crippen molar-refractivity contribution in [2.45, 2.75) is 18.9 Å². The number of benzene rings is 1. The number of aliphatic hydroxyl groups excluding tert-OH is 1. The summed E-state index contributed by atoms with van der Waals surface area (Å²) in [4.78, 5) is 3.99. The second-order valence-electron chi connectivity index (χ2n) is 4.08. The first-order chi connectivity index (χ1) is 8.66. The van der Waals surface area contributed by atoms with Gasteiger partial charge in [-0.15, -0.1) is 0 Å². The first-order valence-electron chi connectivity index (χ1n) is 5.69. The molecule has 2 aromatic rings. The van der Waals surface area contributed by atoms with Crippen molar-refractivity contribution in [1.29, 1.82) is 0 Å². The molecule has 1 aromatic heterocycles.